The van der Waals surface area contributed by atoms with Gasteiger partial charge in [0.05, 0.1) is 5.70 Å². The molecule has 2 rings (SSSR count). The quantitative estimate of drug-likeness (QED) is 0.335. The number of aromatic nitrogens is 1. The van der Waals surface area contributed by atoms with Crippen LogP contribution in [0.25, 0.3) is 10.8 Å². The zero-order chi connectivity index (χ0) is 21.1. The third kappa shape index (κ3) is 5.05. The number of fused-ring (bicyclic) bond motifs is 1. The first-order valence-corrected chi connectivity index (χ1v) is 9.86. The molecule has 150 valence electrons. The largest absolute Gasteiger partial charge is 0.396 e. The van der Waals surface area contributed by atoms with Gasteiger partial charge < -0.3 is 10.3 Å². The van der Waals surface area contributed by atoms with Gasteiger partial charge in [-0.25, -0.2) is 10.2 Å². The highest BCUT2D eigenvalue weighted by molar-refractivity contribution is 7.99. The number of nitrogens with two attached hydrogens (primary N) is 2. The van der Waals surface area contributed by atoms with E-state index < -0.39 is 0 Å². The summed E-state index contributed by atoms with van der Waals surface area (Å²) < 4.78 is 6.18. The molecular formula is C21H29N5OS. The van der Waals surface area contributed by atoms with E-state index in [1.807, 2.05) is 31.2 Å². The summed E-state index contributed by atoms with van der Waals surface area (Å²) in [5, 5.41) is 2.83. The molecule has 0 saturated heterocycles. The average Bonchev–Trinajstić information content (AvgIpc) is 2.63. The molecule has 1 aromatic carbocycles. The minimum atomic E-state index is -0.0956. The van der Waals surface area contributed by atoms with E-state index in [2.05, 4.69) is 27.4 Å². The van der Waals surface area contributed by atoms with Crippen LogP contribution in [0.3, 0.4) is 0 Å². The van der Waals surface area contributed by atoms with Crippen LogP contribution in [0.15, 0.2) is 63.8 Å². The molecule has 0 radical (unpaired) electrons. The number of hydrogen-bond acceptors (Lipinski definition) is 6. The van der Waals surface area contributed by atoms with E-state index in [0.29, 0.717) is 23.2 Å². The second-order valence-corrected chi connectivity index (χ2v) is 9.14. The van der Waals surface area contributed by atoms with Gasteiger partial charge in [0, 0.05) is 40.8 Å². The molecule has 1 heterocycles. The third-order valence-electron chi connectivity index (χ3n) is 4.11. The van der Waals surface area contributed by atoms with Crippen molar-refractivity contribution in [3.63, 3.8) is 0 Å². The predicted molar refractivity (Wildman–Crippen MR) is 121 cm³/mol. The van der Waals surface area contributed by atoms with Crippen molar-refractivity contribution in [1.29, 1.82) is 0 Å². The van der Waals surface area contributed by atoms with Crippen LogP contribution in [0.1, 0.15) is 39.7 Å². The van der Waals surface area contributed by atoms with Crippen molar-refractivity contribution in [3.05, 3.63) is 70.6 Å². The molecule has 0 aliphatic carbocycles. The molecule has 0 bridgehead atoms. The lowest BCUT2D eigenvalue weighted by Crippen LogP contribution is -2.27. The maximum absolute atomic E-state index is 12.5. The molecule has 0 saturated carbocycles. The van der Waals surface area contributed by atoms with Crippen LogP contribution in [0, 0.1) is 0 Å². The van der Waals surface area contributed by atoms with Crippen molar-refractivity contribution in [2.24, 2.45) is 23.0 Å². The fourth-order valence-corrected chi connectivity index (χ4v) is 3.08. The Balaban J connectivity index is 2.68. The van der Waals surface area contributed by atoms with Crippen LogP contribution in [-0.4, -0.2) is 20.0 Å². The number of allylic oxidation sites excluding steroid dienone is 2. The third-order valence-corrected chi connectivity index (χ3v) is 4.93. The number of aryl methyl sites for hydroxylation is 1. The van der Waals surface area contributed by atoms with Gasteiger partial charge in [0.1, 0.15) is 5.71 Å². The Labute approximate surface area is 170 Å². The molecule has 0 spiro atoms. The summed E-state index contributed by atoms with van der Waals surface area (Å²) in [7, 11) is 1.73. The Morgan fingerprint density at radius 3 is 2.61 bits per heavy atom. The minimum absolute atomic E-state index is 0.0652. The summed E-state index contributed by atoms with van der Waals surface area (Å²) in [5.41, 5.74) is 8.85. The maximum atomic E-state index is 12.5. The van der Waals surface area contributed by atoms with Crippen molar-refractivity contribution in [2.75, 3.05) is 0 Å². The minimum Gasteiger partial charge on any atom is -0.396 e. The van der Waals surface area contributed by atoms with E-state index in [1.165, 1.54) is 17.0 Å². The fourth-order valence-electron chi connectivity index (χ4n) is 2.51. The number of nitrogens with zero attached hydrogens (tertiary/aromatic N) is 3. The molecule has 0 aliphatic rings. The number of rotatable bonds is 6. The fraction of sp³-hybridized carbons (Fsp3) is 0.333. The van der Waals surface area contributed by atoms with Gasteiger partial charge in [-0.1, -0.05) is 25.6 Å². The van der Waals surface area contributed by atoms with E-state index >= 15 is 0 Å². The van der Waals surface area contributed by atoms with E-state index in [0.717, 1.165) is 16.6 Å². The number of hydrogen-bond donors (Lipinski definition) is 2. The van der Waals surface area contributed by atoms with Gasteiger partial charge in [-0.3, -0.25) is 9.80 Å². The summed E-state index contributed by atoms with van der Waals surface area (Å²) in [5.74, 6) is 6.05. The molecule has 0 aliphatic heterocycles. The summed E-state index contributed by atoms with van der Waals surface area (Å²) in [6.45, 7) is 12.1. The Bertz CT molecular complexity index is 998. The Morgan fingerprint density at radius 1 is 1.32 bits per heavy atom. The van der Waals surface area contributed by atoms with Crippen LogP contribution in [0.4, 0.5) is 0 Å². The van der Waals surface area contributed by atoms with Crippen LogP contribution in [0.5, 0.6) is 0 Å². The van der Waals surface area contributed by atoms with Crippen LogP contribution in [-0.2, 0) is 7.05 Å². The van der Waals surface area contributed by atoms with Gasteiger partial charge in [0.2, 0.25) is 0 Å². The van der Waals surface area contributed by atoms with Crippen molar-refractivity contribution in [1.82, 2.24) is 9.58 Å². The number of pyridine rings is 1. The van der Waals surface area contributed by atoms with Crippen LogP contribution < -0.4 is 17.1 Å². The summed E-state index contributed by atoms with van der Waals surface area (Å²) in [6.07, 6.45) is 4.07. The van der Waals surface area contributed by atoms with Gasteiger partial charge in [0.15, 0.2) is 0 Å². The van der Waals surface area contributed by atoms with Crippen LogP contribution in [0.2, 0.25) is 0 Å². The molecule has 2 aromatic rings. The van der Waals surface area contributed by atoms with Gasteiger partial charge in [-0.15, -0.1) is 0 Å². The zero-order valence-electron chi connectivity index (χ0n) is 17.2. The molecule has 7 heteroatoms. The lowest BCUT2D eigenvalue weighted by atomic mass is 10.0. The highest BCUT2D eigenvalue weighted by atomic mass is 32.2. The van der Waals surface area contributed by atoms with E-state index in [1.54, 1.807) is 24.0 Å². The monoisotopic (exact) mass is 399 g/mol. The van der Waals surface area contributed by atoms with Crippen molar-refractivity contribution < 1.29 is 0 Å². The van der Waals surface area contributed by atoms with Crippen LogP contribution >= 0.6 is 11.9 Å². The number of hydrazine groups is 1. The summed E-state index contributed by atoms with van der Waals surface area (Å²) in [4.78, 5) is 12.5. The average molecular weight is 400 g/mol. The Hall–Kier alpha value is -2.51. The molecular weight excluding hydrogens is 370 g/mol. The lowest BCUT2D eigenvalue weighted by Gasteiger charge is -2.19. The molecule has 6 nitrogen and oxygen atoms in total. The molecule has 0 atom stereocenters. The molecule has 0 amide bonds. The summed E-state index contributed by atoms with van der Waals surface area (Å²) in [6, 6.07) is 7.47. The van der Waals surface area contributed by atoms with Gasteiger partial charge in [-0.2, -0.15) is 0 Å². The zero-order valence-corrected chi connectivity index (χ0v) is 18.0. The highest BCUT2D eigenvalue weighted by Crippen LogP contribution is 2.27. The highest BCUT2D eigenvalue weighted by Gasteiger charge is 2.17. The first-order valence-electron chi connectivity index (χ1n) is 9.09. The SMILES string of the molecule is C=C(CC)N(N)/C=C(\N)C(=NSC(C)(C)C)c1cccc2c(=O)n(C)ccc12. The first kappa shape index (κ1) is 21.8. The van der Waals surface area contributed by atoms with E-state index in [4.69, 9.17) is 16.0 Å². The van der Waals surface area contributed by atoms with Crippen molar-refractivity contribution in [2.45, 2.75) is 38.9 Å². The van der Waals surface area contributed by atoms with E-state index in [9.17, 15) is 4.79 Å². The second kappa shape index (κ2) is 8.67. The van der Waals surface area contributed by atoms with Crippen molar-refractivity contribution in [3.8, 4) is 0 Å². The van der Waals surface area contributed by atoms with Gasteiger partial charge in [-0.05, 0) is 56.7 Å². The number of benzene rings is 1. The normalized spacial score (nSPS) is 13.1. The standard InChI is InChI=1S/C21H29N5OS/c1-7-14(2)26(23)13-18(22)19(24-28-21(3,4)5)16-9-8-10-17-15(16)11-12-25(6)20(17)27/h8-13H,2,7,22-23H2,1,3-6H3/b18-13-,24-19?. The predicted octanol–water partition coefficient (Wildman–Crippen LogP) is 3.67. The molecule has 28 heavy (non-hydrogen) atoms. The molecule has 1 aromatic heterocycles. The topological polar surface area (TPSA) is 89.6 Å². The lowest BCUT2D eigenvalue weighted by molar-refractivity contribution is 0.475. The summed E-state index contributed by atoms with van der Waals surface area (Å²) >= 11 is 1.42. The molecule has 0 unspecified atom stereocenters. The second-order valence-electron chi connectivity index (χ2n) is 7.55. The van der Waals surface area contributed by atoms with Crippen molar-refractivity contribution >= 4 is 28.4 Å². The smallest absolute Gasteiger partial charge is 0.258 e. The molecule has 4 N–H and O–H groups in total. The van der Waals surface area contributed by atoms with Gasteiger partial charge in [0.25, 0.3) is 5.56 Å². The maximum Gasteiger partial charge on any atom is 0.258 e. The van der Waals surface area contributed by atoms with E-state index in [-0.39, 0.29) is 10.3 Å². The Kier molecular flexibility index (Phi) is 6.74. The van der Waals surface area contributed by atoms with Gasteiger partial charge >= 0.3 is 0 Å². The molecule has 0 fully saturated rings. The Morgan fingerprint density at radius 2 is 2.00 bits per heavy atom. The first-order chi connectivity index (χ1) is 13.0.